The highest BCUT2D eigenvalue weighted by Gasteiger charge is 2.50. The van der Waals surface area contributed by atoms with Crippen LogP contribution in [0.1, 0.15) is 64.7 Å². The maximum Gasteiger partial charge on any atom is 0.254 e. The number of hydrogen-bond donors (Lipinski definition) is 4. The number of carbonyl (C=O) groups is 3. The number of hydrogen-bond acceptors (Lipinski definition) is 7. The zero-order valence-electron chi connectivity index (χ0n) is 24.0. The third-order valence-electron chi connectivity index (χ3n) is 8.24. The zero-order chi connectivity index (χ0) is 30.0. The number of phenols is 1. The van der Waals surface area contributed by atoms with Crippen LogP contribution in [-0.4, -0.2) is 61.6 Å². The lowest BCUT2D eigenvalue weighted by Gasteiger charge is -2.35. The van der Waals surface area contributed by atoms with Gasteiger partial charge in [-0.15, -0.1) is 23.1 Å². The van der Waals surface area contributed by atoms with E-state index < -0.39 is 34.7 Å². The standard InChI is InChI=1S/C32H37N3O5S2/c1-19-21(11-7-13-25(19)36)29(38)34-24(17-20-9-5-4-6-10-20)27(37)31(40)35-18-42-32(2,3)28(35)30(39)33-23-12-8-14-26-22(23)15-16-41-26/h4-7,9-11,13,15-16,23-24,27-28,36-37H,8,12,14,17-18H2,1-3H3,(H,33,39)(H,34,38)/t23-,24+,27+,28+/m1/s1. The number of aliphatic hydroxyl groups is 1. The van der Waals surface area contributed by atoms with E-state index >= 15 is 0 Å². The molecule has 0 bridgehead atoms. The number of fused-ring (bicyclic) bond motifs is 1. The smallest absolute Gasteiger partial charge is 0.254 e. The molecule has 4 N–H and O–H groups in total. The predicted octanol–water partition coefficient (Wildman–Crippen LogP) is 4.34. The van der Waals surface area contributed by atoms with Crippen molar-refractivity contribution in [1.29, 1.82) is 0 Å². The van der Waals surface area contributed by atoms with Crippen molar-refractivity contribution in [3.63, 3.8) is 0 Å². The molecule has 8 nitrogen and oxygen atoms in total. The van der Waals surface area contributed by atoms with Gasteiger partial charge >= 0.3 is 0 Å². The quantitative estimate of drug-likeness (QED) is 0.303. The van der Waals surface area contributed by atoms with E-state index in [2.05, 4.69) is 22.1 Å². The molecule has 1 aliphatic carbocycles. The molecule has 2 aliphatic rings. The van der Waals surface area contributed by atoms with Crippen molar-refractivity contribution in [3.05, 3.63) is 87.1 Å². The minimum atomic E-state index is -1.60. The number of carbonyl (C=O) groups excluding carboxylic acids is 3. The molecule has 222 valence electrons. The normalized spacial score (nSPS) is 20.8. The average molecular weight is 608 g/mol. The van der Waals surface area contributed by atoms with Gasteiger partial charge in [0.15, 0.2) is 6.10 Å². The number of amides is 3. The summed E-state index contributed by atoms with van der Waals surface area (Å²) in [6, 6.07) is 14.1. The summed E-state index contributed by atoms with van der Waals surface area (Å²) in [7, 11) is 0. The molecular formula is C32H37N3O5S2. The van der Waals surface area contributed by atoms with Gasteiger partial charge in [0.25, 0.3) is 11.8 Å². The molecule has 3 aromatic rings. The summed E-state index contributed by atoms with van der Waals surface area (Å²) in [5.74, 6) is -1.13. The minimum absolute atomic E-state index is 0.0170. The Balaban J connectivity index is 1.38. The van der Waals surface area contributed by atoms with Gasteiger partial charge in [0.05, 0.1) is 18.0 Å². The number of aromatic hydroxyl groups is 1. The van der Waals surface area contributed by atoms with Gasteiger partial charge < -0.3 is 25.7 Å². The number of phenolic OH excluding ortho intramolecular Hbond substituents is 1. The highest BCUT2D eigenvalue weighted by Crippen LogP contribution is 2.41. The van der Waals surface area contributed by atoms with Crippen molar-refractivity contribution in [2.24, 2.45) is 0 Å². The molecule has 1 aliphatic heterocycles. The van der Waals surface area contributed by atoms with Crippen molar-refractivity contribution in [2.45, 2.75) is 75.4 Å². The van der Waals surface area contributed by atoms with E-state index in [0.29, 0.717) is 5.56 Å². The van der Waals surface area contributed by atoms with E-state index in [1.807, 2.05) is 44.2 Å². The number of benzene rings is 2. The van der Waals surface area contributed by atoms with Crippen LogP contribution in [0.4, 0.5) is 0 Å². The van der Waals surface area contributed by atoms with Gasteiger partial charge in [-0.25, -0.2) is 0 Å². The average Bonchev–Trinajstić information content (AvgIpc) is 3.58. The summed E-state index contributed by atoms with van der Waals surface area (Å²) in [4.78, 5) is 43.8. The zero-order valence-corrected chi connectivity index (χ0v) is 25.6. The topological polar surface area (TPSA) is 119 Å². The van der Waals surface area contributed by atoms with Crippen molar-refractivity contribution in [2.75, 3.05) is 5.88 Å². The van der Waals surface area contributed by atoms with Crippen LogP contribution in [0.25, 0.3) is 0 Å². The maximum absolute atomic E-state index is 14.0. The second-order valence-corrected chi connectivity index (χ2v) is 14.1. The summed E-state index contributed by atoms with van der Waals surface area (Å²) in [5, 5.41) is 29.7. The molecule has 42 heavy (non-hydrogen) atoms. The fraction of sp³-hybridized carbons (Fsp3) is 0.406. The van der Waals surface area contributed by atoms with Gasteiger partial charge in [0.1, 0.15) is 11.8 Å². The fourth-order valence-corrected chi connectivity index (χ4v) is 7.99. The Kier molecular flexibility index (Phi) is 8.96. The molecule has 2 heterocycles. The third kappa shape index (κ3) is 6.21. The summed E-state index contributed by atoms with van der Waals surface area (Å²) in [6.07, 6.45) is 1.43. The number of aliphatic hydroxyl groups excluding tert-OH is 1. The van der Waals surface area contributed by atoms with E-state index in [0.717, 1.165) is 30.4 Å². The summed E-state index contributed by atoms with van der Waals surface area (Å²) in [6.45, 7) is 5.51. The predicted molar refractivity (Wildman–Crippen MR) is 166 cm³/mol. The summed E-state index contributed by atoms with van der Waals surface area (Å²) in [5.41, 5.74) is 2.63. The largest absolute Gasteiger partial charge is 0.508 e. The van der Waals surface area contributed by atoms with Crippen LogP contribution in [0, 0.1) is 6.92 Å². The van der Waals surface area contributed by atoms with Crippen molar-refractivity contribution in [1.82, 2.24) is 15.5 Å². The first-order valence-electron chi connectivity index (χ1n) is 14.2. The first kappa shape index (κ1) is 30.1. The third-order valence-corrected chi connectivity index (χ3v) is 10.6. The lowest BCUT2D eigenvalue weighted by Crippen LogP contribution is -2.59. The Morgan fingerprint density at radius 3 is 2.62 bits per heavy atom. The Morgan fingerprint density at radius 1 is 1.10 bits per heavy atom. The Bertz CT molecular complexity index is 1460. The van der Waals surface area contributed by atoms with Crippen LogP contribution < -0.4 is 10.6 Å². The molecule has 1 fully saturated rings. The molecule has 4 atom stereocenters. The molecule has 2 aromatic carbocycles. The van der Waals surface area contributed by atoms with Crippen LogP contribution >= 0.6 is 23.1 Å². The van der Waals surface area contributed by atoms with E-state index in [-0.39, 0.29) is 35.6 Å². The molecule has 1 aromatic heterocycles. The number of thiophene rings is 1. The lowest BCUT2D eigenvalue weighted by molar-refractivity contribution is -0.147. The minimum Gasteiger partial charge on any atom is -0.508 e. The van der Waals surface area contributed by atoms with Gasteiger partial charge in [0, 0.05) is 20.8 Å². The number of nitrogens with zero attached hydrogens (tertiary/aromatic N) is 1. The molecule has 0 saturated carbocycles. The van der Waals surface area contributed by atoms with Crippen molar-refractivity contribution < 1.29 is 24.6 Å². The van der Waals surface area contributed by atoms with Gasteiger partial charge in [-0.05, 0) is 81.2 Å². The van der Waals surface area contributed by atoms with Crippen LogP contribution in [0.5, 0.6) is 5.75 Å². The summed E-state index contributed by atoms with van der Waals surface area (Å²) >= 11 is 3.19. The van der Waals surface area contributed by atoms with Crippen molar-refractivity contribution in [3.8, 4) is 5.75 Å². The van der Waals surface area contributed by atoms with E-state index in [9.17, 15) is 24.6 Å². The SMILES string of the molecule is Cc1c(O)cccc1C(=O)N[C@@H](Cc1ccccc1)[C@H](O)C(=O)N1CSC(C)(C)[C@@H]1C(=O)N[C@@H]1CCCc2sccc21. The number of aryl methyl sites for hydroxylation is 1. The number of thioether (sulfide) groups is 1. The van der Waals surface area contributed by atoms with Crippen LogP contribution in [-0.2, 0) is 22.4 Å². The second kappa shape index (κ2) is 12.5. The molecule has 5 rings (SSSR count). The highest BCUT2D eigenvalue weighted by molar-refractivity contribution is 8.00. The highest BCUT2D eigenvalue weighted by atomic mass is 32.2. The Morgan fingerprint density at radius 2 is 1.86 bits per heavy atom. The second-order valence-electron chi connectivity index (χ2n) is 11.5. The molecule has 0 unspecified atom stereocenters. The fourth-order valence-electron chi connectivity index (χ4n) is 5.87. The molecule has 0 radical (unpaired) electrons. The van der Waals surface area contributed by atoms with E-state index in [1.54, 1.807) is 30.4 Å². The lowest BCUT2D eigenvalue weighted by atomic mass is 9.92. The van der Waals surface area contributed by atoms with Crippen molar-refractivity contribution >= 4 is 40.8 Å². The number of nitrogens with one attached hydrogen (secondary N) is 2. The van der Waals surface area contributed by atoms with Gasteiger partial charge in [0.2, 0.25) is 5.91 Å². The van der Waals surface area contributed by atoms with E-state index in [1.165, 1.54) is 27.6 Å². The Labute approximate surface area is 254 Å². The first-order valence-corrected chi connectivity index (χ1v) is 16.1. The maximum atomic E-state index is 14.0. The number of rotatable bonds is 8. The van der Waals surface area contributed by atoms with Gasteiger partial charge in [-0.1, -0.05) is 36.4 Å². The molecular weight excluding hydrogens is 571 g/mol. The first-order chi connectivity index (χ1) is 20.1. The van der Waals surface area contributed by atoms with E-state index in [4.69, 9.17) is 0 Å². The van der Waals surface area contributed by atoms with Gasteiger partial charge in [-0.3, -0.25) is 14.4 Å². The van der Waals surface area contributed by atoms with Crippen LogP contribution in [0.3, 0.4) is 0 Å². The summed E-state index contributed by atoms with van der Waals surface area (Å²) < 4.78 is -0.581. The van der Waals surface area contributed by atoms with Crippen LogP contribution in [0.2, 0.25) is 0 Å². The van der Waals surface area contributed by atoms with Gasteiger partial charge in [-0.2, -0.15) is 0 Å². The molecule has 3 amide bonds. The molecule has 10 heteroatoms. The molecule has 0 spiro atoms. The van der Waals surface area contributed by atoms with Crippen LogP contribution in [0.15, 0.2) is 60.0 Å². The molecule has 1 saturated heterocycles. The monoisotopic (exact) mass is 607 g/mol. The Hall–Kier alpha value is -3.34.